The maximum Gasteiger partial charge on any atom is 0.258 e. The van der Waals surface area contributed by atoms with Crippen molar-refractivity contribution < 1.29 is 9.53 Å². The minimum Gasteiger partial charge on any atom is -0.489 e. The predicted molar refractivity (Wildman–Crippen MR) is 164 cm³/mol. The molecule has 2 atom stereocenters. The molecular weight excluding hydrogens is 564 g/mol. The second kappa shape index (κ2) is 11.0. The number of ether oxygens (including phenoxy) is 1. The Balaban J connectivity index is 1.40. The van der Waals surface area contributed by atoms with E-state index >= 15 is 0 Å². The van der Waals surface area contributed by atoms with Gasteiger partial charge in [-0.25, -0.2) is 9.97 Å². The largest absolute Gasteiger partial charge is 0.489 e. The van der Waals surface area contributed by atoms with Crippen LogP contribution in [0.4, 0.5) is 0 Å². The Morgan fingerprint density at radius 1 is 0.974 bits per heavy atom. The van der Waals surface area contributed by atoms with Gasteiger partial charge in [0.25, 0.3) is 8.32 Å². The Kier molecular flexibility index (Phi) is 7.82. The lowest BCUT2D eigenvalue weighted by atomic mass is 9.91. The third kappa shape index (κ3) is 5.47. The first-order valence-corrected chi connectivity index (χ1v) is 16.4. The van der Waals surface area contributed by atoms with Crippen LogP contribution in [0.1, 0.15) is 50.2 Å². The number of halogens is 1. The molecule has 5 rings (SSSR count). The van der Waals surface area contributed by atoms with Crippen molar-refractivity contribution in [2.24, 2.45) is 5.92 Å². The highest BCUT2D eigenvalue weighted by Crippen LogP contribution is 2.58. The van der Waals surface area contributed by atoms with Crippen molar-refractivity contribution in [1.29, 1.82) is 0 Å². The summed E-state index contributed by atoms with van der Waals surface area (Å²) >= 11 is 3.68. The summed E-state index contributed by atoms with van der Waals surface area (Å²) in [5.74, 6) is 1.96. The Hall–Kier alpha value is -2.80. The first-order chi connectivity index (χ1) is 18.7. The van der Waals surface area contributed by atoms with Crippen LogP contribution in [0.3, 0.4) is 0 Å². The van der Waals surface area contributed by atoms with Gasteiger partial charge in [0.05, 0.1) is 18.5 Å². The van der Waals surface area contributed by atoms with Crippen molar-refractivity contribution >= 4 is 34.6 Å². The fourth-order valence-corrected chi connectivity index (χ4v) is 10.3. The van der Waals surface area contributed by atoms with E-state index < -0.39 is 8.32 Å². The SMILES string of the molecule is Cc1ncc(OCC2(c3cccc(Br)c3)CC2CCC(C)(C)[Si](O)(c2ccccc2)c2ccccc2)c(C)n1. The van der Waals surface area contributed by atoms with E-state index in [2.05, 4.69) is 88.3 Å². The van der Waals surface area contributed by atoms with Crippen molar-refractivity contribution in [3.05, 3.63) is 113 Å². The fraction of sp³-hybridized carbons (Fsp3) is 0.333. The highest BCUT2D eigenvalue weighted by molar-refractivity contribution is 9.10. The maximum absolute atomic E-state index is 12.6. The number of aromatic nitrogens is 2. The van der Waals surface area contributed by atoms with Gasteiger partial charge in [-0.2, -0.15) is 0 Å². The number of rotatable bonds is 10. The van der Waals surface area contributed by atoms with E-state index in [1.54, 1.807) is 6.20 Å². The summed E-state index contributed by atoms with van der Waals surface area (Å²) in [7, 11) is -3.04. The summed E-state index contributed by atoms with van der Waals surface area (Å²) in [6, 6.07) is 29.2. The normalized spacial score (nSPS) is 19.1. The van der Waals surface area contributed by atoms with Crippen LogP contribution in [-0.2, 0) is 5.41 Å². The van der Waals surface area contributed by atoms with Crippen LogP contribution in [0.2, 0.25) is 5.04 Å². The van der Waals surface area contributed by atoms with Gasteiger partial charge >= 0.3 is 0 Å². The van der Waals surface area contributed by atoms with Crippen LogP contribution in [0, 0.1) is 19.8 Å². The van der Waals surface area contributed by atoms with Gasteiger partial charge in [0.15, 0.2) is 5.75 Å². The highest BCUT2D eigenvalue weighted by atomic mass is 79.9. The van der Waals surface area contributed by atoms with E-state index in [1.165, 1.54) is 5.56 Å². The lowest BCUT2D eigenvalue weighted by Crippen LogP contribution is -2.65. The molecule has 202 valence electrons. The standard InChI is InChI=1S/C33H37BrN2O2Si/c1-24-31(22-35-25(2)36-24)38-23-33(26-12-11-13-28(34)20-26)21-27(33)18-19-32(3,4)39(37,29-14-7-5-8-15-29)30-16-9-6-10-17-30/h5-17,20,22,27,37H,18-19,21,23H2,1-4H3. The molecule has 0 saturated heterocycles. The van der Waals surface area contributed by atoms with Crippen molar-refractivity contribution in [1.82, 2.24) is 9.97 Å². The smallest absolute Gasteiger partial charge is 0.258 e. The molecule has 39 heavy (non-hydrogen) atoms. The third-order valence-electron chi connectivity index (χ3n) is 8.65. The molecule has 0 bridgehead atoms. The molecule has 4 nitrogen and oxygen atoms in total. The molecule has 0 spiro atoms. The lowest BCUT2D eigenvalue weighted by Gasteiger charge is -2.41. The van der Waals surface area contributed by atoms with E-state index in [0.29, 0.717) is 12.5 Å². The summed E-state index contributed by atoms with van der Waals surface area (Å²) in [5, 5.41) is 1.85. The molecule has 1 aromatic heterocycles. The highest BCUT2D eigenvalue weighted by Gasteiger charge is 2.57. The summed E-state index contributed by atoms with van der Waals surface area (Å²) in [6.45, 7) is 8.97. The van der Waals surface area contributed by atoms with E-state index in [-0.39, 0.29) is 10.5 Å². The Labute approximate surface area is 241 Å². The average Bonchev–Trinajstić information content (AvgIpc) is 3.66. The van der Waals surface area contributed by atoms with Crippen LogP contribution < -0.4 is 15.1 Å². The second-order valence-electron chi connectivity index (χ2n) is 11.6. The minimum atomic E-state index is -3.04. The van der Waals surface area contributed by atoms with Crippen LogP contribution in [0.5, 0.6) is 5.75 Å². The number of hydrogen-bond donors (Lipinski definition) is 1. The molecule has 2 unspecified atom stereocenters. The molecule has 1 aliphatic rings. The zero-order chi connectivity index (χ0) is 27.7. The summed E-state index contributed by atoms with van der Waals surface area (Å²) < 4.78 is 7.48. The fourth-order valence-electron chi connectivity index (χ4n) is 6.11. The summed E-state index contributed by atoms with van der Waals surface area (Å²) in [4.78, 5) is 21.4. The Bertz CT molecular complexity index is 1390. The van der Waals surface area contributed by atoms with Gasteiger partial charge in [0.2, 0.25) is 0 Å². The number of hydrogen-bond acceptors (Lipinski definition) is 4. The zero-order valence-electron chi connectivity index (χ0n) is 23.2. The van der Waals surface area contributed by atoms with Crippen LogP contribution in [0.15, 0.2) is 95.6 Å². The minimum absolute atomic E-state index is 0.0731. The molecule has 0 radical (unpaired) electrons. The number of benzene rings is 3. The van der Waals surface area contributed by atoms with Gasteiger partial charge in [-0.1, -0.05) is 103 Å². The van der Waals surface area contributed by atoms with Crippen LogP contribution >= 0.6 is 15.9 Å². The molecule has 1 fully saturated rings. The molecular formula is C33H37BrN2O2Si. The van der Waals surface area contributed by atoms with Gasteiger partial charge in [-0.3, -0.25) is 0 Å². The zero-order valence-corrected chi connectivity index (χ0v) is 25.8. The van der Waals surface area contributed by atoms with E-state index in [9.17, 15) is 4.80 Å². The molecule has 1 aliphatic carbocycles. The lowest BCUT2D eigenvalue weighted by molar-refractivity contribution is 0.260. The molecule has 1 N–H and O–H groups in total. The monoisotopic (exact) mass is 600 g/mol. The number of aryl methyl sites for hydroxylation is 2. The van der Waals surface area contributed by atoms with Gasteiger partial charge in [-0.15, -0.1) is 0 Å². The summed E-state index contributed by atoms with van der Waals surface area (Å²) in [6.07, 6.45) is 4.79. The predicted octanol–water partition coefficient (Wildman–Crippen LogP) is 6.51. The van der Waals surface area contributed by atoms with Crippen LogP contribution in [-0.4, -0.2) is 29.7 Å². The van der Waals surface area contributed by atoms with Crippen molar-refractivity contribution in [2.45, 2.75) is 57.4 Å². The summed E-state index contributed by atoms with van der Waals surface area (Å²) in [5.41, 5.74) is 2.09. The van der Waals surface area contributed by atoms with Gasteiger partial charge < -0.3 is 9.53 Å². The van der Waals surface area contributed by atoms with E-state index in [4.69, 9.17) is 4.74 Å². The molecule has 0 aliphatic heterocycles. The van der Waals surface area contributed by atoms with Crippen molar-refractivity contribution in [3.63, 3.8) is 0 Å². The van der Waals surface area contributed by atoms with Gasteiger partial charge in [0, 0.05) is 9.89 Å². The number of nitrogens with zero attached hydrogens (tertiary/aromatic N) is 2. The molecule has 1 saturated carbocycles. The average molecular weight is 602 g/mol. The third-order valence-corrected chi connectivity index (χ3v) is 13.7. The van der Waals surface area contributed by atoms with E-state index in [1.807, 2.05) is 50.2 Å². The van der Waals surface area contributed by atoms with E-state index in [0.717, 1.165) is 51.4 Å². The molecule has 0 amide bonds. The molecule has 4 aromatic rings. The molecule has 1 heterocycles. The molecule has 3 aromatic carbocycles. The van der Waals surface area contributed by atoms with Gasteiger partial charge in [0.1, 0.15) is 5.82 Å². The van der Waals surface area contributed by atoms with Gasteiger partial charge in [-0.05, 0) is 72.1 Å². The molecule has 6 heteroatoms. The topological polar surface area (TPSA) is 55.2 Å². The first-order valence-electron chi connectivity index (χ1n) is 13.7. The first kappa shape index (κ1) is 27.8. The quantitative estimate of drug-likeness (QED) is 0.211. The second-order valence-corrected chi connectivity index (χ2v) is 16.4. The maximum atomic E-state index is 12.6. The van der Waals surface area contributed by atoms with Crippen molar-refractivity contribution in [3.8, 4) is 5.75 Å². The van der Waals surface area contributed by atoms with Crippen molar-refractivity contribution in [2.75, 3.05) is 6.61 Å². The van der Waals surface area contributed by atoms with Crippen LogP contribution in [0.25, 0.3) is 0 Å². The Morgan fingerprint density at radius 2 is 1.62 bits per heavy atom. The Morgan fingerprint density at radius 3 is 2.21 bits per heavy atom.